The van der Waals surface area contributed by atoms with E-state index in [-0.39, 0.29) is 11.3 Å². The molecule has 0 radical (unpaired) electrons. The minimum atomic E-state index is -0.296. The number of benzene rings is 1. The molecule has 0 saturated carbocycles. The first kappa shape index (κ1) is 18.3. The number of pyridine rings is 1. The molecule has 1 fully saturated rings. The van der Waals surface area contributed by atoms with Gasteiger partial charge in [0, 0.05) is 35.7 Å². The summed E-state index contributed by atoms with van der Waals surface area (Å²) >= 11 is 6.05. The summed E-state index contributed by atoms with van der Waals surface area (Å²) in [5.41, 5.74) is 2.69. The van der Waals surface area contributed by atoms with Crippen LogP contribution in [0.25, 0.3) is 22.2 Å². The minimum Gasteiger partial charge on any atom is -0.378 e. The highest BCUT2D eigenvalue weighted by atomic mass is 35.5. The number of anilines is 1. The number of aromatic nitrogens is 3. The van der Waals surface area contributed by atoms with Crippen LogP contribution < -0.4 is 10.5 Å². The Balaban J connectivity index is 1.80. The van der Waals surface area contributed by atoms with Crippen LogP contribution in [0.15, 0.2) is 29.1 Å². The van der Waals surface area contributed by atoms with Crippen LogP contribution in [0.1, 0.15) is 28.9 Å². The van der Waals surface area contributed by atoms with E-state index in [1.54, 1.807) is 12.1 Å². The zero-order chi connectivity index (χ0) is 20.0. The first-order valence-corrected chi connectivity index (χ1v) is 10.1. The Kier molecular flexibility index (Phi) is 4.56. The van der Waals surface area contributed by atoms with E-state index in [2.05, 4.69) is 15.0 Å². The number of ether oxygens (including phenoxy) is 1. The van der Waals surface area contributed by atoms with Crippen molar-refractivity contribution in [2.75, 3.05) is 31.2 Å². The van der Waals surface area contributed by atoms with Crippen molar-refractivity contribution in [3.63, 3.8) is 0 Å². The molecule has 0 spiro atoms. The van der Waals surface area contributed by atoms with Crippen molar-refractivity contribution in [2.24, 2.45) is 0 Å². The molecule has 1 aliphatic heterocycles. The maximum atomic E-state index is 13.2. The van der Waals surface area contributed by atoms with E-state index in [0.29, 0.717) is 78.0 Å². The monoisotopic (exact) mass is 410 g/mol. The Bertz CT molecular complexity index is 1170. The highest BCUT2D eigenvalue weighted by Crippen LogP contribution is 2.35. The van der Waals surface area contributed by atoms with Crippen molar-refractivity contribution in [3.05, 3.63) is 50.9 Å². The lowest BCUT2D eigenvalue weighted by Gasteiger charge is -2.27. The highest BCUT2D eigenvalue weighted by Gasteiger charge is 2.28. The summed E-state index contributed by atoms with van der Waals surface area (Å²) in [6.07, 6.45) is 1.90. The third-order valence-electron chi connectivity index (χ3n) is 5.46. The Hall–Kier alpha value is -2.77. The molecule has 5 rings (SSSR count). The summed E-state index contributed by atoms with van der Waals surface area (Å²) in [4.78, 5) is 40.1. The quantitative estimate of drug-likeness (QED) is 0.698. The summed E-state index contributed by atoms with van der Waals surface area (Å²) in [5.74, 6) is 0.504. The van der Waals surface area contributed by atoms with Gasteiger partial charge in [0.1, 0.15) is 0 Å². The maximum Gasteiger partial charge on any atom is 0.262 e. The Morgan fingerprint density at radius 2 is 1.76 bits per heavy atom. The second kappa shape index (κ2) is 7.24. The molecule has 1 aliphatic carbocycles. The SMILES string of the molecule is O=C1CCCc2nc3nc(N4CCOCC4)[nH]c(=O)c3c(-c3ccc(Cl)cc3)c21. The number of aromatic amines is 1. The number of carbonyl (C=O) groups excluding carboxylic acids is 1. The van der Waals surface area contributed by atoms with E-state index in [0.717, 1.165) is 12.0 Å². The molecule has 2 aliphatic rings. The number of ketones is 1. The van der Waals surface area contributed by atoms with Crippen molar-refractivity contribution in [3.8, 4) is 11.1 Å². The van der Waals surface area contributed by atoms with E-state index in [4.69, 9.17) is 16.3 Å². The molecule has 3 aromatic rings. The molecule has 2 aromatic heterocycles. The minimum absolute atomic E-state index is 0.0160. The van der Waals surface area contributed by atoms with Gasteiger partial charge < -0.3 is 9.64 Å². The zero-order valence-electron chi connectivity index (χ0n) is 15.7. The average Bonchev–Trinajstić information content (AvgIpc) is 2.74. The summed E-state index contributed by atoms with van der Waals surface area (Å²) in [6.45, 7) is 2.48. The number of Topliss-reactive ketones (excluding diaryl/α,β-unsaturated/α-hetero) is 1. The number of halogens is 1. The number of carbonyl (C=O) groups is 1. The van der Waals surface area contributed by atoms with Gasteiger partial charge >= 0.3 is 0 Å². The summed E-state index contributed by atoms with van der Waals surface area (Å²) in [6, 6.07) is 7.17. The van der Waals surface area contributed by atoms with Crippen LogP contribution in [-0.2, 0) is 11.2 Å². The number of rotatable bonds is 2. The van der Waals surface area contributed by atoms with Gasteiger partial charge in [-0.15, -0.1) is 0 Å². The van der Waals surface area contributed by atoms with Crippen LogP contribution in [0, 0.1) is 0 Å². The van der Waals surface area contributed by atoms with Gasteiger partial charge in [-0.05, 0) is 30.5 Å². The number of fused-ring (bicyclic) bond motifs is 2. The molecule has 0 bridgehead atoms. The zero-order valence-corrected chi connectivity index (χ0v) is 16.5. The predicted octanol–water partition coefficient (Wildman–Crippen LogP) is 2.99. The van der Waals surface area contributed by atoms with Crippen LogP contribution in [0.5, 0.6) is 0 Å². The van der Waals surface area contributed by atoms with Gasteiger partial charge in [0.25, 0.3) is 5.56 Å². The van der Waals surface area contributed by atoms with Crippen molar-refractivity contribution in [1.82, 2.24) is 15.0 Å². The first-order chi connectivity index (χ1) is 14.1. The van der Waals surface area contributed by atoms with Gasteiger partial charge in [-0.3, -0.25) is 14.6 Å². The molecule has 3 heterocycles. The topological polar surface area (TPSA) is 88.2 Å². The molecule has 1 aromatic carbocycles. The highest BCUT2D eigenvalue weighted by molar-refractivity contribution is 6.30. The number of aryl methyl sites for hydroxylation is 1. The Labute approximate surface area is 171 Å². The molecular formula is C21H19ClN4O3. The second-order valence-electron chi connectivity index (χ2n) is 7.28. The summed E-state index contributed by atoms with van der Waals surface area (Å²) in [7, 11) is 0. The fourth-order valence-corrected chi connectivity index (χ4v) is 4.19. The number of H-pyrrole nitrogens is 1. The molecular weight excluding hydrogens is 392 g/mol. The van der Waals surface area contributed by atoms with Gasteiger partial charge in [0.05, 0.1) is 24.3 Å². The maximum absolute atomic E-state index is 13.2. The van der Waals surface area contributed by atoms with Gasteiger partial charge in [0.2, 0.25) is 5.95 Å². The number of nitrogens with one attached hydrogen (secondary N) is 1. The number of hydrogen-bond acceptors (Lipinski definition) is 6. The second-order valence-corrected chi connectivity index (χ2v) is 7.72. The molecule has 1 N–H and O–H groups in total. The lowest BCUT2D eigenvalue weighted by atomic mass is 9.87. The van der Waals surface area contributed by atoms with Gasteiger partial charge in [0.15, 0.2) is 11.4 Å². The van der Waals surface area contributed by atoms with E-state index in [1.807, 2.05) is 17.0 Å². The van der Waals surface area contributed by atoms with Crippen LogP contribution >= 0.6 is 11.6 Å². The van der Waals surface area contributed by atoms with Crippen LogP contribution in [0.3, 0.4) is 0 Å². The van der Waals surface area contributed by atoms with Crippen LogP contribution in [0.2, 0.25) is 5.02 Å². The number of nitrogens with zero attached hydrogens (tertiary/aromatic N) is 3. The lowest BCUT2D eigenvalue weighted by molar-refractivity contribution is 0.0972. The third kappa shape index (κ3) is 3.20. The Morgan fingerprint density at radius 1 is 1.00 bits per heavy atom. The molecule has 0 atom stereocenters. The molecule has 148 valence electrons. The molecule has 1 saturated heterocycles. The normalized spacial score (nSPS) is 16.9. The summed E-state index contributed by atoms with van der Waals surface area (Å²) in [5, 5.41) is 0.937. The van der Waals surface area contributed by atoms with Gasteiger partial charge in [-0.2, -0.15) is 4.98 Å². The third-order valence-corrected chi connectivity index (χ3v) is 5.71. The molecule has 7 nitrogen and oxygen atoms in total. The standard InChI is InChI=1S/C21H19ClN4O3/c22-13-6-4-12(5-7-13)16-17-14(2-1-3-15(17)27)23-19-18(16)20(28)25-21(24-19)26-8-10-29-11-9-26/h4-7H,1-3,8-11H2,(H,23,24,25,28). The lowest BCUT2D eigenvalue weighted by Crippen LogP contribution is -2.38. The summed E-state index contributed by atoms with van der Waals surface area (Å²) < 4.78 is 5.39. The number of hydrogen-bond donors (Lipinski definition) is 1. The van der Waals surface area contributed by atoms with Crippen LogP contribution in [-0.4, -0.2) is 47.0 Å². The van der Waals surface area contributed by atoms with Gasteiger partial charge in [-0.25, -0.2) is 4.98 Å². The molecule has 29 heavy (non-hydrogen) atoms. The van der Waals surface area contributed by atoms with E-state index >= 15 is 0 Å². The van der Waals surface area contributed by atoms with E-state index in [9.17, 15) is 9.59 Å². The fourth-order valence-electron chi connectivity index (χ4n) is 4.06. The average molecular weight is 411 g/mol. The van der Waals surface area contributed by atoms with Crippen molar-refractivity contribution in [1.29, 1.82) is 0 Å². The van der Waals surface area contributed by atoms with Crippen molar-refractivity contribution >= 4 is 34.4 Å². The predicted molar refractivity (Wildman–Crippen MR) is 111 cm³/mol. The van der Waals surface area contributed by atoms with Crippen molar-refractivity contribution < 1.29 is 9.53 Å². The van der Waals surface area contributed by atoms with Crippen molar-refractivity contribution in [2.45, 2.75) is 19.3 Å². The molecule has 8 heteroatoms. The van der Waals surface area contributed by atoms with E-state index in [1.165, 1.54) is 0 Å². The molecule has 0 amide bonds. The van der Waals surface area contributed by atoms with Crippen LogP contribution in [0.4, 0.5) is 5.95 Å². The fraction of sp³-hybridized carbons (Fsp3) is 0.333. The van der Waals surface area contributed by atoms with E-state index < -0.39 is 0 Å². The number of morpholine rings is 1. The Morgan fingerprint density at radius 3 is 2.52 bits per heavy atom. The largest absolute Gasteiger partial charge is 0.378 e. The first-order valence-electron chi connectivity index (χ1n) is 9.70. The molecule has 0 unspecified atom stereocenters. The smallest absolute Gasteiger partial charge is 0.262 e. The van der Waals surface area contributed by atoms with Gasteiger partial charge in [-0.1, -0.05) is 23.7 Å².